The lowest BCUT2D eigenvalue weighted by Gasteiger charge is -2.43. The highest BCUT2D eigenvalue weighted by atomic mass is 15.2. The molecule has 2 rings (SSSR count). The fraction of sp³-hybridized carbons (Fsp3) is 1.00. The topological polar surface area (TPSA) is 15.3 Å². The van der Waals surface area contributed by atoms with Crippen LogP contribution in [0, 0.1) is 0 Å². The van der Waals surface area contributed by atoms with Gasteiger partial charge in [0.2, 0.25) is 0 Å². The van der Waals surface area contributed by atoms with Crippen LogP contribution in [-0.4, -0.2) is 36.6 Å². The van der Waals surface area contributed by atoms with Crippen LogP contribution in [-0.2, 0) is 0 Å². The molecule has 100 valence electrons. The zero-order valence-corrected chi connectivity index (χ0v) is 11.8. The second kappa shape index (κ2) is 6.75. The molecular formula is C15H30N2. The van der Waals surface area contributed by atoms with E-state index >= 15 is 0 Å². The van der Waals surface area contributed by atoms with Gasteiger partial charge in [-0.3, -0.25) is 4.90 Å². The van der Waals surface area contributed by atoms with E-state index in [1.165, 1.54) is 64.3 Å². The van der Waals surface area contributed by atoms with Crippen molar-refractivity contribution >= 4 is 0 Å². The van der Waals surface area contributed by atoms with Crippen molar-refractivity contribution in [3.05, 3.63) is 0 Å². The molecule has 2 fully saturated rings. The first-order valence-electron chi connectivity index (χ1n) is 7.78. The molecule has 2 saturated carbocycles. The van der Waals surface area contributed by atoms with Gasteiger partial charge in [-0.1, -0.05) is 32.6 Å². The average Bonchev–Trinajstić information content (AvgIpc) is 2.48. The van der Waals surface area contributed by atoms with Gasteiger partial charge in [0, 0.05) is 18.1 Å². The van der Waals surface area contributed by atoms with Gasteiger partial charge in [-0.15, -0.1) is 0 Å². The van der Waals surface area contributed by atoms with E-state index in [0.29, 0.717) is 0 Å². The first kappa shape index (κ1) is 13.4. The van der Waals surface area contributed by atoms with Crippen molar-refractivity contribution in [1.82, 2.24) is 10.2 Å². The number of hydrogen-bond acceptors (Lipinski definition) is 2. The van der Waals surface area contributed by atoms with Crippen LogP contribution in [0.2, 0.25) is 0 Å². The van der Waals surface area contributed by atoms with Crippen molar-refractivity contribution in [2.75, 3.05) is 13.6 Å². The van der Waals surface area contributed by atoms with E-state index < -0.39 is 0 Å². The normalized spacial score (nSPS) is 31.2. The number of hydrogen-bond donors (Lipinski definition) is 1. The number of nitrogens with one attached hydrogen (secondary N) is 1. The zero-order valence-electron chi connectivity index (χ0n) is 11.8. The fourth-order valence-electron chi connectivity index (χ4n) is 3.41. The summed E-state index contributed by atoms with van der Waals surface area (Å²) in [7, 11) is 2.38. The highest BCUT2D eigenvalue weighted by Gasteiger charge is 2.32. The molecule has 0 aromatic rings. The summed E-state index contributed by atoms with van der Waals surface area (Å²) >= 11 is 0. The minimum atomic E-state index is 0.753. The van der Waals surface area contributed by atoms with Crippen LogP contribution in [0.25, 0.3) is 0 Å². The highest BCUT2D eigenvalue weighted by Crippen LogP contribution is 2.30. The number of rotatable bonds is 5. The molecule has 0 saturated heterocycles. The monoisotopic (exact) mass is 238 g/mol. The Labute approximate surface area is 107 Å². The molecule has 0 aliphatic heterocycles. The molecule has 0 radical (unpaired) electrons. The van der Waals surface area contributed by atoms with Crippen molar-refractivity contribution < 1.29 is 0 Å². The van der Waals surface area contributed by atoms with Crippen molar-refractivity contribution in [2.24, 2.45) is 0 Å². The lowest BCUT2D eigenvalue weighted by atomic mass is 9.88. The minimum absolute atomic E-state index is 0.753. The minimum Gasteiger partial charge on any atom is -0.312 e. The SMILES string of the molecule is CCCNC1CCCCCC1N(C)C1CCC1. The molecule has 0 heterocycles. The lowest BCUT2D eigenvalue weighted by Crippen LogP contribution is -2.53. The first-order chi connectivity index (χ1) is 8.33. The van der Waals surface area contributed by atoms with Gasteiger partial charge in [0.15, 0.2) is 0 Å². The van der Waals surface area contributed by atoms with E-state index in [-0.39, 0.29) is 0 Å². The molecule has 2 aliphatic carbocycles. The summed E-state index contributed by atoms with van der Waals surface area (Å²) in [5.74, 6) is 0. The van der Waals surface area contributed by atoms with E-state index in [9.17, 15) is 0 Å². The van der Waals surface area contributed by atoms with Gasteiger partial charge in [0.1, 0.15) is 0 Å². The van der Waals surface area contributed by atoms with Crippen LogP contribution in [0.1, 0.15) is 64.7 Å². The van der Waals surface area contributed by atoms with Crippen molar-refractivity contribution in [1.29, 1.82) is 0 Å². The van der Waals surface area contributed by atoms with Crippen LogP contribution in [0.5, 0.6) is 0 Å². The lowest BCUT2D eigenvalue weighted by molar-refractivity contribution is 0.0826. The third kappa shape index (κ3) is 3.45. The van der Waals surface area contributed by atoms with Crippen molar-refractivity contribution in [2.45, 2.75) is 82.8 Å². The quantitative estimate of drug-likeness (QED) is 0.740. The van der Waals surface area contributed by atoms with Crippen molar-refractivity contribution in [3.8, 4) is 0 Å². The van der Waals surface area contributed by atoms with E-state index in [0.717, 1.165) is 18.1 Å². The number of likely N-dealkylation sites (N-methyl/N-ethyl adjacent to an activating group) is 1. The summed E-state index contributed by atoms with van der Waals surface area (Å²) in [5.41, 5.74) is 0. The van der Waals surface area contributed by atoms with Gasteiger partial charge in [0.25, 0.3) is 0 Å². The second-order valence-corrected chi connectivity index (χ2v) is 6.02. The van der Waals surface area contributed by atoms with E-state index in [4.69, 9.17) is 0 Å². The summed E-state index contributed by atoms with van der Waals surface area (Å²) in [6, 6.07) is 2.45. The zero-order chi connectivity index (χ0) is 12.1. The van der Waals surface area contributed by atoms with Gasteiger partial charge in [-0.2, -0.15) is 0 Å². The maximum atomic E-state index is 3.80. The summed E-state index contributed by atoms with van der Waals surface area (Å²) in [6.07, 6.45) is 12.7. The Morgan fingerprint density at radius 3 is 2.41 bits per heavy atom. The molecular weight excluding hydrogens is 208 g/mol. The average molecular weight is 238 g/mol. The summed E-state index contributed by atoms with van der Waals surface area (Å²) in [6.45, 7) is 3.47. The molecule has 1 N–H and O–H groups in total. The molecule has 2 atom stereocenters. The van der Waals surface area contributed by atoms with Gasteiger partial charge >= 0.3 is 0 Å². The summed E-state index contributed by atoms with van der Waals surface area (Å²) < 4.78 is 0. The van der Waals surface area contributed by atoms with Gasteiger partial charge in [-0.25, -0.2) is 0 Å². The first-order valence-corrected chi connectivity index (χ1v) is 7.78. The molecule has 0 spiro atoms. The smallest absolute Gasteiger partial charge is 0.0249 e. The van der Waals surface area contributed by atoms with Crippen LogP contribution in [0.3, 0.4) is 0 Å². The highest BCUT2D eigenvalue weighted by molar-refractivity contribution is 4.90. The Bertz CT molecular complexity index is 213. The third-order valence-electron chi connectivity index (χ3n) is 4.81. The predicted octanol–water partition coefficient (Wildman–Crippen LogP) is 3.17. The third-order valence-corrected chi connectivity index (χ3v) is 4.81. The molecule has 0 amide bonds. The van der Waals surface area contributed by atoms with Crippen LogP contribution < -0.4 is 5.32 Å². The van der Waals surface area contributed by atoms with Crippen LogP contribution >= 0.6 is 0 Å². The standard InChI is InChI=1S/C15H30N2/c1-3-12-16-14-10-5-4-6-11-15(14)17(2)13-8-7-9-13/h13-16H,3-12H2,1-2H3. The predicted molar refractivity (Wildman–Crippen MR) is 74.4 cm³/mol. The van der Waals surface area contributed by atoms with Gasteiger partial charge in [-0.05, 0) is 45.7 Å². The molecule has 2 unspecified atom stereocenters. The van der Waals surface area contributed by atoms with Crippen LogP contribution in [0.15, 0.2) is 0 Å². The Kier molecular flexibility index (Phi) is 5.30. The van der Waals surface area contributed by atoms with E-state index in [1.807, 2.05) is 0 Å². The maximum absolute atomic E-state index is 3.80. The maximum Gasteiger partial charge on any atom is 0.0249 e. The van der Waals surface area contributed by atoms with Gasteiger partial charge in [0.05, 0.1) is 0 Å². The second-order valence-electron chi connectivity index (χ2n) is 6.02. The largest absolute Gasteiger partial charge is 0.312 e. The van der Waals surface area contributed by atoms with E-state index in [2.05, 4.69) is 24.2 Å². The Balaban J connectivity index is 1.92. The Morgan fingerprint density at radius 2 is 1.76 bits per heavy atom. The van der Waals surface area contributed by atoms with E-state index in [1.54, 1.807) is 0 Å². The Hall–Kier alpha value is -0.0800. The molecule has 17 heavy (non-hydrogen) atoms. The Morgan fingerprint density at radius 1 is 1.00 bits per heavy atom. The molecule has 2 aliphatic rings. The molecule has 0 aromatic heterocycles. The molecule has 2 nitrogen and oxygen atoms in total. The van der Waals surface area contributed by atoms with Gasteiger partial charge < -0.3 is 5.32 Å². The fourth-order valence-corrected chi connectivity index (χ4v) is 3.41. The summed E-state index contributed by atoms with van der Waals surface area (Å²) in [4.78, 5) is 2.71. The summed E-state index contributed by atoms with van der Waals surface area (Å²) in [5, 5.41) is 3.80. The van der Waals surface area contributed by atoms with Crippen molar-refractivity contribution in [3.63, 3.8) is 0 Å². The molecule has 0 bridgehead atoms. The molecule has 2 heteroatoms. The van der Waals surface area contributed by atoms with Crippen LogP contribution in [0.4, 0.5) is 0 Å². The molecule has 0 aromatic carbocycles. The number of nitrogens with zero attached hydrogens (tertiary/aromatic N) is 1.